The van der Waals surface area contributed by atoms with E-state index in [1.165, 1.54) is 0 Å². The van der Waals surface area contributed by atoms with Crippen LogP contribution in [0.1, 0.15) is 0 Å². The number of carbonyl (C=O) groups excluding carboxylic acids is 1. The van der Waals surface area contributed by atoms with E-state index in [9.17, 15) is 18.0 Å². The molecule has 2 N–H and O–H groups in total. The summed E-state index contributed by atoms with van der Waals surface area (Å²) in [5.41, 5.74) is 13.1. The normalized spacial score (nSPS) is 12.7. The number of carbonyl (C=O) groups is 1. The van der Waals surface area contributed by atoms with E-state index in [-0.39, 0.29) is 19.8 Å². The molecule has 0 rings (SSSR count). The number of hydrogen-bond acceptors (Lipinski definition) is 5. The molecule has 0 aliphatic heterocycles. The lowest BCUT2D eigenvalue weighted by Gasteiger charge is -2.16. The van der Waals surface area contributed by atoms with Crippen molar-refractivity contribution in [3.05, 3.63) is 10.4 Å². The van der Waals surface area contributed by atoms with Crippen molar-refractivity contribution in [1.82, 2.24) is 0 Å². The second-order valence-corrected chi connectivity index (χ2v) is 2.80. The first kappa shape index (κ1) is 15.5. The van der Waals surface area contributed by atoms with Crippen LogP contribution in [0.2, 0.25) is 0 Å². The summed E-state index contributed by atoms with van der Waals surface area (Å²) < 4.78 is 44.5. The van der Waals surface area contributed by atoms with Gasteiger partial charge in [-0.3, -0.25) is 0 Å². The summed E-state index contributed by atoms with van der Waals surface area (Å²) in [7, 11) is 0. The summed E-state index contributed by atoms with van der Waals surface area (Å²) in [6, 6.07) is 0. The fourth-order valence-corrected chi connectivity index (χ4v) is 0.768. The molecule has 0 fully saturated rings. The summed E-state index contributed by atoms with van der Waals surface area (Å²) in [5.74, 6) is -2.35. The zero-order valence-corrected chi connectivity index (χ0v) is 8.68. The Morgan fingerprint density at radius 2 is 2.18 bits per heavy atom. The van der Waals surface area contributed by atoms with Crippen LogP contribution in [0.25, 0.3) is 10.4 Å². The third-order valence-corrected chi connectivity index (χ3v) is 1.42. The van der Waals surface area contributed by atoms with Gasteiger partial charge >= 0.3 is 12.1 Å². The van der Waals surface area contributed by atoms with Crippen molar-refractivity contribution < 1.29 is 27.4 Å². The highest BCUT2D eigenvalue weighted by Gasteiger charge is 2.42. The minimum atomic E-state index is -5.09. The lowest BCUT2D eigenvalue weighted by molar-refractivity contribution is -0.206. The number of esters is 1. The van der Waals surface area contributed by atoms with Gasteiger partial charge in [-0.2, -0.15) is 13.2 Å². The minimum absolute atomic E-state index is 0.0936. The van der Waals surface area contributed by atoms with Crippen molar-refractivity contribution in [2.45, 2.75) is 12.3 Å². The van der Waals surface area contributed by atoms with Gasteiger partial charge in [-0.15, -0.1) is 0 Å². The Kier molecular flexibility index (Phi) is 7.03. The smallest absolute Gasteiger partial charge is 0.453 e. The van der Waals surface area contributed by atoms with E-state index in [1.807, 2.05) is 0 Å². The van der Waals surface area contributed by atoms with Gasteiger partial charge in [0, 0.05) is 11.5 Å². The Labute approximate surface area is 94.3 Å². The van der Waals surface area contributed by atoms with E-state index in [4.69, 9.17) is 16.0 Å². The fourth-order valence-electron chi connectivity index (χ4n) is 0.768. The maximum Gasteiger partial charge on any atom is 0.490 e. The lowest BCUT2D eigenvalue weighted by atomic mass is 10.4. The monoisotopic (exact) mass is 256 g/mol. The molecule has 0 bridgehead atoms. The number of hydrogen-bond donors (Lipinski definition) is 1. The number of nitrogens with two attached hydrogens (primary N) is 1. The van der Waals surface area contributed by atoms with Crippen molar-refractivity contribution in [2.24, 2.45) is 10.8 Å². The number of alkyl halides is 3. The van der Waals surface area contributed by atoms with Gasteiger partial charge in [0.05, 0.1) is 19.8 Å². The van der Waals surface area contributed by atoms with Crippen LogP contribution in [0.15, 0.2) is 5.11 Å². The molecule has 7 nitrogen and oxygen atoms in total. The summed E-state index contributed by atoms with van der Waals surface area (Å²) in [6.07, 6.45) is -6.38. The van der Waals surface area contributed by atoms with E-state index in [1.54, 1.807) is 0 Å². The summed E-state index contributed by atoms with van der Waals surface area (Å²) in [6.45, 7) is -0.501. The SMILES string of the molecule is [N-]=[N+]=NCC(COCCN)OC(=O)C(F)(F)F. The van der Waals surface area contributed by atoms with E-state index in [0.29, 0.717) is 0 Å². The van der Waals surface area contributed by atoms with Gasteiger partial charge in [-0.25, -0.2) is 4.79 Å². The Hall–Kier alpha value is -1.51. The van der Waals surface area contributed by atoms with Crippen LogP contribution in [0.3, 0.4) is 0 Å². The quantitative estimate of drug-likeness (QED) is 0.238. The molecule has 0 aromatic rings. The van der Waals surface area contributed by atoms with Gasteiger partial charge in [0.15, 0.2) is 0 Å². The van der Waals surface area contributed by atoms with E-state index < -0.39 is 24.8 Å². The Balaban J connectivity index is 4.27. The van der Waals surface area contributed by atoms with Crippen LogP contribution in [0.5, 0.6) is 0 Å². The van der Waals surface area contributed by atoms with Crippen molar-refractivity contribution in [3.63, 3.8) is 0 Å². The van der Waals surface area contributed by atoms with E-state index >= 15 is 0 Å². The van der Waals surface area contributed by atoms with Crippen LogP contribution >= 0.6 is 0 Å². The van der Waals surface area contributed by atoms with Crippen LogP contribution in [0.4, 0.5) is 13.2 Å². The van der Waals surface area contributed by atoms with Crippen molar-refractivity contribution in [1.29, 1.82) is 0 Å². The Morgan fingerprint density at radius 3 is 2.65 bits per heavy atom. The van der Waals surface area contributed by atoms with Crippen LogP contribution < -0.4 is 5.73 Å². The van der Waals surface area contributed by atoms with Crippen LogP contribution in [-0.2, 0) is 14.3 Å². The molecule has 1 atom stereocenters. The molecule has 0 aromatic carbocycles. The largest absolute Gasteiger partial charge is 0.490 e. The average Bonchev–Trinajstić information content (AvgIpc) is 2.24. The first-order valence-corrected chi connectivity index (χ1v) is 4.48. The highest BCUT2D eigenvalue weighted by molar-refractivity contribution is 5.75. The molecule has 0 radical (unpaired) electrons. The average molecular weight is 256 g/mol. The second-order valence-electron chi connectivity index (χ2n) is 2.80. The van der Waals surface area contributed by atoms with Gasteiger partial charge < -0.3 is 15.2 Å². The predicted molar refractivity (Wildman–Crippen MR) is 49.8 cm³/mol. The first-order chi connectivity index (χ1) is 7.91. The molecule has 0 aliphatic rings. The van der Waals surface area contributed by atoms with Crippen molar-refractivity contribution in [3.8, 4) is 0 Å². The highest BCUT2D eigenvalue weighted by atomic mass is 19.4. The van der Waals surface area contributed by atoms with Gasteiger partial charge in [0.1, 0.15) is 6.10 Å². The zero-order valence-electron chi connectivity index (χ0n) is 8.68. The molecule has 10 heteroatoms. The van der Waals surface area contributed by atoms with Gasteiger partial charge in [0.2, 0.25) is 0 Å². The summed E-state index contributed by atoms with van der Waals surface area (Å²) in [5, 5.41) is 3.01. The van der Waals surface area contributed by atoms with Gasteiger partial charge in [-0.1, -0.05) is 5.11 Å². The third kappa shape index (κ3) is 7.39. The van der Waals surface area contributed by atoms with Crippen molar-refractivity contribution in [2.75, 3.05) is 26.3 Å². The van der Waals surface area contributed by atoms with Crippen LogP contribution in [0, 0.1) is 0 Å². The highest BCUT2D eigenvalue weighted by Crippen LogP contribution is 2.17. The predicted octanol–water partition coefficient (Wildman–Crippen LogP) is 0.746. The fraction of sp³-hybridized carbons (Fsp3) is 0.857. The van der Waals surface area contributed by atoms with Crippen molar-refractivity contribution >= 4 is 5.97 Å². The molecule has 98 valence electrons. The third-order valence-electron chi connectivity index (χ3n) is 1.42. The first-order valence-electron chi connectivity index (χ1n) is 4.48. The number of azide groups is 1. The molecule has 0 aliphatic carbocycles. The topological polar surface area (TPSA) is 110 Å². The second kappa shape index (κ2) is 7.71. The molecular weight excluding hydrogens is 245 g/mol. The van der Waals surface area contributed by atoms with Gasteiger partial charge in [-0.05, 0) is 5.53 Å². The Bertz CT molecular complexity index is 291. The van der Waals surface area contributed by atoms with E-state index in [2.05, 4.69) is 14.8 Å². The standard InChI is InChI=1S/C7H11F3N4O3/c8-7(9,10)6(15)17-5(3-13-14-12)4-16-2-1-11/h5H,1-4,11H2. The summed E-state index contributed by atoms with van der Waals surface area (Å²) >= 11 is 0. The Morgan fingerprint density at radius 1 is 1.53 bits per heavy atom. The molecule has 0 heterocycles. The van der Waals surface area contributed by atoms with E-state index in [0.717, 1.165) is 0 Å². The number of rotatable bonds is 7. The molecule has 0 saturated heterocycles. The number of ether oxygens (including phenoxy) is 2. The molecule has 0 amide bonds. The number of halogens is 3. The molecule has 17 heavy (non-hydrogen) atoms. The molecule has 0 saturated carbocycles. The molecule has 0 spiro atoms. The maximum atomic E-state index is 11.9. The molecule has 1 unspecified atom stereocenters. The maximum absolute atomic E-state index is 11.9. The van der Waals surface area contributed by atoms with Crippen LogP contribution in [-0.4, -0.2) is 44.6 Å². The summed E-state index contributed by atoms with van der Waals surface area (Å²) in [4.78, 5) is 12.9. The zero-order chi connectivity index (χ0) is 13.3. The number of nitrogens with zero attached hydrogens (tertiary/aromatic N) is 3. The lowest BCUT2D eigenvalue weighted by Crippen LogP contribution is -2.34. The molecule has 0 aromatic heterocycles. The van der Waals surface area contributed by atoms with Gasteiger partial charge in [0.25, 0.3) is 0 Å². The minimum Gasteiger partial charge on any atom is -0.453 e. The molecular formula is C7H11F3N4O3.